The van der Waals surface area contributed by atoms with Crippen LogP contribution in [0.15, 0.2) is 47.0 Å². The Morgan fingerprint density at radius 1 is 1.27 bits per heavy atom. The van der Waals surface area contributed by atoms with Crippen molar-refractivity contribution in [3.63, 3.8) is 0 Å². The summed E-state index contributed by atoms with van der Waals surface area (Å²) in [6.45, 7) is 2.40. The van der Waals surface area contributed by atoms with Gasteiger partial charge >= 0.3 is 0 Å². The lowest BCUT2D eigenvalue weighted by Gasteiger charge is -2.02. The molecule has 1 amide bonds. The number of carbonyl (C=O) groups excluding carboxylic acids is 1. The average molecular weight is 350 g/mol. The summed E-state index contributed by atoms with van der Waals surface area (Å²) in [6, 6.07) is 11.2. The highest BCUT2D eigenvalue weighted by atomic mass is 16.3. The van der Waals surface area contributed by atoms with Gasteiger partial charge in [0, 0.05) is 25.2 Å². The van der Waals surface area contributed by atoms with E-state index in [2.05, 4.69) is 25.7 Å². The molecule has 0 aliphatic carbocycles. The highest BCUT2D eigenvalue weighted by molar-refractivity contribution is 5.93. The Balaban J connectivity index is 1.31. The van der Waals surface area contributed by atoms with Crippen molar-refractivity contribution in [2.45, 2.75) is 19.8 Å². The molecule has 132 valence electrons. The molecule has 0 aliphatic heterocycles. The quantitative estimate of drug-likeness (QED) is 0.520. The van der Waals surface area contributed by atoms with Crippen molar-refractivity contribution in [3.8, 4) is 11.5 Å². The van der Waals surface area contributed by atoms with Gasteiger partial charge in [0.05, 0.1) is 0 Å². The first kappa shape index (κ1) is 16.1. The Bertz CT molecular complexity index is 1040. The third kappa shape index (κ3) is 3.21. The first-order chi connectivity index (χ1) is 12.7. The first-order valence-electron chi connectivity index (χ1n) is 8.40. The molecule has 0 saturated carbocycles. The van der Waals surface area contributed by atoms with Crippen molar-refractivity contribution < 1.29 is 9.21 Å². The van der Waals surface area contributed by atoms with Gasteiger partial charge in [-0.1, -0.05) is 6.07 Å². The third-order valence-corrected chi connectivity index (χ3v) is 4.06. The number of nitrogens with zero attached hydrogens (tertiary/aromatic N) is 4. The number of amides is 1. The molecule has 4 heterocycles. The minimum Gasteiger partial charge on any atom is -0.460 e. The second-order valence-electron chi connectivity index (χ2n) is 5.98. The van der Waals surface area contributed by atoms with Crippen LogP contribution in [-0.2, 0) is 6.42 Å². The fourth-order valence-electron chi connectivity index (χ4n) is 2.74. The lowest BCUT2D eigenvalue weighted by Crippen LogP contribution is -2.25. The van der Waals surface area contributed by atoms with Crippen LogP contribution in [0.4, 0.5) is 0 Å². The summed E-state index contributed by atoms with van der Waals surface area (Å²) >= 11 is 0. The summed E-state index contributed by atoms with van der Waals surface area (Å²) in [5, 5.41) is 18.0. The summed E-state index contributed by atoms with van der Waals surface area (Å²) < 4.78 is 7.47. The molecule has 26 heavy (non-hydrogen) atoms. The maximum Gasteiger partial charge on any atom is 0.271 e. The van der Waals surface area contributed by atoms with Crippen molar-refractivity contribution in [1.29, 1.82) is 0 Å². The van der Waals surface area contributed by atoms with Crippen molar-refractivity contribution in [2.24, 2.45) is 0 Å². The molecule has 4 aromatic rings. The second kappa shape index (κ2) is 6.83. The highest BCUT2D eigenvalue weighted by Gasteiger charge is 2.13. The average Bonchev–Trinajstić information content (AvgIpc) is 3.38. The molecule has 0 radical (unpaired) electrons. The van der Waals surface area contributed by atoms with Crippen LogP contribution >= 0.6 is 0 Å². The molecular formula is C18H18N6O2. The van der Waals surface area contributed by atoms with Gasteiger partial charge in [-0.3, -0.25) is 14.3 Å². The van der Waals surface area contributed by atoms with Gasteiger partial charge in [-0.2, -0.15) is 5.10 Å². The predicted octanol–water partition coefficient (Wildman–Crippen LogP) is 2.38. The molecule has 8 heteroatoms. The van der Waals surface area contributed by atoms with Crippen LogP contribution in [-0.4, -0.2) is 37.2 Å². The molecule has 0 unspecified atom stereocenters. The molecule has 2 N–H and O–H groups in total. The number of aryl methyl sites for hydroxylation is 2. The summed E-state index contributed by atoms with van der Waals surface area (Å²) in [4.78, 5) is 12.2. The number of hydrogen-bond donors (Lipinski definition) is 2. The predicted molar refractivity (Wildman–Crippen MR) is 94.7 cm³/mol. The van der Waals surface area contributed by atoms with Crippen LogP contribution in [0.2, 0.25) is 0 Å². The van der Waals surface area contributed by atoms with E-state index in [1.54, 1.807) is 6.07 Å². The molecule has 0 saturated heterocycles. The third-order valence-electron chi connectivity index (χ3n) is 4.06. The fraction of sp³-hybridized carbons (Fsp3) is 0.222. The largest absolute Gasteiger partial charge is 0.460 e. The number of aromatic amines is 1. The molecule has 0 bridgehead atoms. The zero-order chi connectivity index (χ0) is 17.9. The van der Waals surface area contributed by atoms with E-state index in [0.29, 0.717) is 23.7 Å². The number of aromatic nitrogens is 5. The van der Waals surface area contributed by atoms with Gasteiger partial charge in [-0.15, -0.1) is 10.2 Å². The number of H-pyrrole nitrogens is 1. The molecule has 0 spiro atoms. The smallest absolute Gasteiger partial charge is 0.271 e. The zero-order valence-corrected chi connectivity index (χ0v) is 14.3. The van der Waals surface area contributed by atoms with Crippen molar-refractivity contribution in [2.75, 3.05) is 6.54 Å². The molecule has 0 aromatic carbocycles. The number of nitrogens with one attached hydrogen (secondary N) is 2. The first-order valence-corrected chi connectivity index (χ1v) is 8.40. The van der Waals surface area contributed by atoms with Gasteiger partial charge in [0.1, 0.15) is 17.3 Å². The summed E-state index contributed by atoms with van der Waals surface area (Å²) in [6.07, 6.45) is 3.42. The van der Waals surface area contributed by atoms with Crippen molar-refractivity contribution >= 4 is 11.6 Å². The monoisotopic (exact) mass is 350 g/mol. The van der Waals surface area contributed by atoms with Crippen LogP contribution in [0.5, 0.6) is 0 Å². The van der Waals surface area contributed by atoms with E-state index in [1.165, 1.54) is 0 Å². The fourth-order valence-corrected chi connectivity index (χ4v) is 2.74. The normalized spacial score (nSPS) is 11.1. The number of fused-ring (bicyclic) bond motifs is 1. The Morgan fingerprint density at radius 3 is 3.04 bits per heavy atom. The Hall–Kier alpha value is -3.42. The van der Waals surface area contributed by atoms with Crippen LogP contribution in [0.3, 0.4) is 0 Å². The molecular weight excluding hydrogens is 332 g/mol. The molecule has 0 atom stereocenters. The zero-order valence-electron chi connectivity index (χ0n) is 14.3. The Kier molecular flexibility index (Phi) is 4.22. The van der Waals surface area contributed by atoms with E-state index >= 15 is 0 Å². The van der Waals surface area contributed by atoms with Gasteiger partial charge in [-0.05, 0) is 37.6 Å². The minimum atomic E-state index is -0.220. The van der Waals surface area contributed by atoms with Crippen LogP contribution in [0.1, 0.15) is 28.5 Å². The number of furan rings is 1. The molecule has 0 aliphatic rings. The van der Waals surface area contributed by atoms with Crippen LogP contribution in [0.25, 0.3) is 17.1 Å². The van der Waals surface area contributed by atoms with Gasteiger partial charge < -0.3 is 9.73 Å². The number of carbonyl (C=O) groups is 1. The van der Waals surface area contributed by atoms with Crippen LogP contribution in [0, 0.1) is 6.92 Å². The SMILES string of the molecule is Cc1ccc(-c2cc(C(=O)NCCCc3nnc4ccccn34)n[nH]2)o1. The van der Waals surface area contributed by atoms with E-state index in [4.69, 9.17) is 4.42 Å². The summed E-state index contributed by atoms with van der Waals surface area (Å²) in [5.41, 5.74) is 1.84. The molecule has 0 fully saturated rings. The maximum atomic E-state index is 12.2. The second-order valence-corrected chi connectivity index (χ2v) is 5.98. The maximum absolute atomic E-state index is 12.2. The number of pyridine rings is 1. The van der Waals surface area contributed by atoms with Gasteiger partial charge in [-0.25, -0.2) is 0 Å². The highest BCUT2D eigenvalue weighted by Crippen LogP contribution is 2.20. The van der Waals surface area contributed by atoms with E-state index in [9.17, 15) is 4.79 Å². The van der Waals surface area contributed by atoms with E-state index in [1.807, 2.05) is 47.9 Å². The lowest BCUT2D eigenvalue weighted by molar-refractivity contribution is 0.0948. The summed E-state index contributed by atoms with van der Waals surface area (Å²) in [5.74, 6) is 2.13. The van der Waals surface area contributed by atoms with E-state index < -0.39 is 0 Å². The molecule has 4 rings (SSSR count). The summed E-state index contributed by atoms with van der Waals surface area (Å²) in [7, 11) is 0. The van der Waals surface area contributed by atoms with Gasteiger partial charge in [0.2, 0.25) is 0 Å². The van der Waals surface area contributed by atoms with Crippen LogP contribution < -0.4 is 5.32 Å². The molecule has 8 nitrogen and oxygen atoms in total. The number of rotatable bonds is 6. The van der Waals surface area contributed by atoms with E-state index in [-0.39, 0.29) is 5.91 Å². The standard InChI is InChI=1S/C18H18N6O2/c1-12-7-8-15(26-12)13-11-14(21-20-13)18(25)19-9-4-6-17-23-22-16-5-2-3-10-24(16)17/h2-3,5,7-8,10-11H,4,6,9H2,1H3,(H,19,25)(H,20,21). The molecule has 4 aromatic heterocycles. The van der Waals surface area contributed by atoms with Gasteiger partial charge in [0.25, 0.3) is 5.91 Å². The Labute approximate surface area is 149 Å². The minimum absolute atomic E-state index is 0.220. The Morgan fingerprint density at radius 2 is 2.19 bits per heavy atom. The van der Waals surface area contributed by atoms with Gasteiger partial charge in [0.15, 0.2) is 17.1 Å². The van der Waals surface area contributed by atoms with Crippen molar-refractivity contribution in [3.05, 3.63) is 59.9 Å². The van der Waals surface area contributed by atoms with E-state index in [0.717, 1.165) is 30.1 Å². The van der Waals surface area contributed by atoms with Crippen molar-refractivity contribution in [1.82, 2.24) is 30.1 Å². The topological polar surface area (TPSA) is 101 Å². The number of hydrogen-bond acceptors (Lipinski definition) is 5. The lowest BCUT2D eigenvalue weighted by atomic mass is 10.2.